The van der Waals surface area contributed by atoms with Crippen LogP contribution in [0, 0.1) is 6.92 Å². The third-order valence-corrected chi connectivity index (χ3v) is 4.86. The number of hydrogen-bond acceptors (Lipinski definition) is 9. The zero-order chi connectivity index (χ0) is 18.8. The third kappa shape index (κ3) is 3.49. The highest BCUT2D eigenvalue weighted by atomic mass is 32.1. The minimum Gasteiger partial charge on any atom is -0.357 e. The summed E-state index contributed by atoms with van der Waals surface area (Å²) in [6.07, 6.45) is 0. The molecule has 0 unspecified atom stereocenters. The molecule has 0 amide bonds. The highest BCUT2D eigenvalue weighted by molar-refractivity contribution is 7.15. The van der Waals surface area contributed by atoms with Gasteiger partial charge in [-0.25, -0.2) is 0 Å². The third-order valence-electron chi connectivity index (χ3n) is 3.87. The maximum Gasteiger partial charge on any atom is 0.268 e. The topological polar surface area (TPSA) is 92.9 Å². The lowest BCUT2D eigenvalue weighted by molar-refractivity contribution is 0.433. The van der Waals surface area contributed by atoms with Crippen molar-refractivity contribution in [2.24, 2.45) is 0 Å². The molecule has 4 rings (SSSR count). The van der Waals surface area contributed by atoms with Gasteiger partial charge >= 0.3 is 0 Å². The van der Waals surface area contributed by atoms with E-state index in [0.717, 1.165) is 10.6 Å². The predicted molar refractivity (Wildman–Crippen MR) is 105 cm³/mol. The Morgan fingerprint density at radius 2 is 1.78 bits per heavy atom. The van der Waals surface area contributed by atoms with Gasteiger partial charge in [0.2, 0.25) is 23.5 Å². The summed E-state index contributed by atoms with van der Waals surface area (Å²) in [4.78, 5) is 21.7. The normalized spacial score (nSPS) is 10.8. The lowest BCUT2D eigenvalue weighted by atomic mass is 10.3. The largest absolute Gasteiger partial charge is 0.357 e. The molecule has 0 aliphatic carbocycles. The summed E-state index contributed by atoms with van der Waals surface area (Å²) in [6.45, 7) is 2.03. The second-order valence-electron chi connectivity index (χ2n) is 5.76. The average molecular weight is 379 g/mol. The number of aromatic nitrogens is 5. The molecule has 0 atom stereocenters. The number of nitrogens with zero attached hydrogens (tertiary/aromatic N) is 6. The van der Waals surface area contributed by atoms with E-state index < -0.39 is 0 Å². The molecular formula is C18H17N7OS. The Kier molecular flexibility index (Phi) is 4.51. The number of anilines is 3. The molecule has 0 spiro atoms. The van der Waals surface area contributed by atoms with Gasteiger partial charge in [0, 0.05) is 24.7 Å². The molecular weight excluding hydrogens is 362 g/mol. The molecule has 3 heterocycles. The Labute approximate surface area is 159 Å². The molecule has 1 aromatic carbocycles. The van der Waals surface area contributed by atoms with Crippen molar-refractivity contribution in [3.8, 4) is 22.4 Å². The van der Waals surface area contributed by atoms with Gasteiger partial charge in [0.05, 0.1) is 4.88 Å². The molecule has 0 aliphatic heterocycles. The smallest absolute Gasteiger partial charge is 0.268 e. The molecule has 0 saturated carbocycles. The molecule has 9 heteroatoms. The fourth-order valence-corrected chi connectivity index (χ4v) is 3.25. The fourth-order valence-electron chi connectivity index (χ4n) is 2.46. The average Bonchev–Trinajstić information content (AvgIpc) is 3.37. The van der Waals surface area contributed by atoms with Crippen molar-refractivity contribution in [3.05, 3.63) is 47.3 Å². The maximum atomic E-state index is 5.39. The number of hydrogen-bond donors (Lipinski definition) is 1. The summed E-state index contributed by atoms with van der Waals surface area (Å²) in [5, 5.41) is 6.99. The molecule has 0 bridgehead atoms. The van der Waals surface area contributed by atoms with Crippen molar-refractivity contribution in [2.45, 2.75) is 6.92 Å². The van der Waals surface area contributed by atoms with Gasteiger partial charge in [-0.2, -0.15) is 19.9 Å². The van der Waals surface area contributed by atoms with Gasteiger partial charge in [-0.1, -0.05) is 23.4 Å². The van der Waals surface area contributed by atoms with E-state index in [9.17, 15) is 0 Å². The molecule has 27 heavy (non-hydrogen) atoms. The van der Waals surface area contributed by atoms with Crippen LogP contribution < -0.4 is 10.2 Å². The summed E-state index contributed by atoms with van der Waals surface area (Å²) in [5.41, 5.74) is 0.958. The van der Waals surface area contributed by atoms with Crippen LogP contribution in [0.25, 0.3) is 22.4 Å². The highest BCUT2D eigenvalue weighted by Crippen LogP contribution is 2.28. The summed E-state index contributed by atoms with van der Waals surface area (Å²) < 4.78 is 5.39. The van der Waals surface area contributed by atoms with Crippen molar-refractivity contribution < 1.29 is 4.52 Å². The minimum atomic E-state index is 0.317. The van der Waals surface area contributed by atoms with Gasteiger partial charge in [-0.3, -0.25) is 0 Å². The lowest BCUT2D eigenvalue weighted by Gasteiger charge is -2.17. The van der Waals surface area contributed by atoms with Gasteiger partial charge in [0.15, 0.2) is 0 Å². The predicted octanol–water partition coefficient (Wildman–Crippen LogP) is 3.77. The number of benzene rings is 1. The summed E-state index contributed by atoms with van der Waals surface area (Å²) in [5.74, 6) is 2.02. The van der Waals surface area contributed by atoms with Crippen molar-refractivity contribution >= 4 is 28.9 Å². The number of nitrogens with one attached hydrogen (secondary N) is 1. The molecule has 0 aliphatic rings. The number of para-hydroxylation sites is 1. The summed E-state index contributed by atoms with van der Waals surface area (Å²) >= 11 is 1.59. The van der Waals surface area contributed by atoms with Crippen molar-refractivity contribution in [1.29, 1.82) is 0 Å². The first-order valence-electron chi connectivity index (χ1n) is 8.27. The Hall–Kier alpha value is -3.33. The van der Waals surface area contributed by atoms with E-state index in [1.54, 1.807) is 18.4 Å². The molecule has 0 fully saturated rings. The van der Waals surface area contributed by atoms with Gasteiger partial charge in [-0.15, -0.1) is 11.3 Å². The Morgan fingerprint density at radius 3 is 2.48 bits per heavy atom. The molecule has 0 radical (unpaired) electrons. The Morgan fingerprint density at radius 1 is 0.963 bits per heavy atom. The van der Waals surface area contributed by atoms with Crippen molar-refractivity contribution in [2.75, 3.05) is 24.3 Å². The van der Waals surface area contributed by atoms with Gasteiger partial charge in [0.25, 0.3) is 5.89 Å². The molecule has 3 aromatic heterocycles. The first kappa shape index (κ1) is 17.1. The first-order chi connectivity index (χ1) is 13.1. The van der Waals surface area contributed by atoms with E-state index in [4.69, 9.17) is 4.52 Å². The second-order valence-corrected chi connectivity index (χ2v) is 7.05. The van der Waals surface area contributed by atoms with Crippen LogP contribution in [-0.2, 0) is 0 Å². The van der Waals surface area contributed by atoms with Crippen LogP contribution >= 0.6 is 11.3 Å². The van der Waals surface area contributed by atoms with E-state index in [2.05, 4.69) is 30.4 Å². The van der Waals surface area contributed by atoms with Crippen LogP contribution in [0.15, 0.2) is 47.0 Å². The van der Waals surface area contributed by atoms with Crippen LogP contribution in [0.5, 0.6) is 0 Å². The molecule has 0 saturated heterocycles. The second kappa shape index (κ2) is 7.12. The lowest BCUT2D eigenvalue weighted by Crippen LogP contribution is -2.15. The Bertz CT molecular complexity index is 1060. The van der Waals surface area contributed by atoms with Crippen molar-refractivity contribution in [3.63, 3.8) is 0 Å². The standard InChI is InChI=1S/C18H17N7OS/c1-11-9-10-13(27-11)16-20-15(24-26-16)14-21-17(19-2)23-18(22-14)25(3)12-7-5-4-6-8-12/h4-10H,1-3H3,(H,19,21,22,23). The van der Waals surface area contributed by atoms with Gasteiger partial charge in [-0.05, 0) is 31.2 Å². The summed E-state index contributed by atoms with van der Waals surface area (Å²) in [7, 11) is 3.64. The van der Waals surface area contributed by atoms with E-state index >= 15 is 0 Å². The van der Waals surface area contributed by atoms with E-state index in [1.807, 2.05) is 61.3 Å². The van der Waals surface area contributed by atoms with E-state index in [-0.39, 0.29) is 0 Å². The van der Waals surface area contributed by atoms with Gasteiger partial charge in [0.1, 0.15) is 0 Å². The van der Waals surface area contributed by atoms with Gasteiger partial charge < -0.3 is 14.7 Å². The molecule has 1 N–H and O–H groups in total. The monoisotopic (exact) mass is 379 g/mol. The van der Waals surface area contributed by atoms with Crippen molar-refractivity contribution in [1.82, 2.24) is 25.1 Å². The van der Waals surface area contributed by atoms with Crippen LogP contribution in [0.4, 0.5) is 17.6 Å². The minimum absolute atomic E-state index is 0.317. The quantitative estimate of drug-likeness (QED) is 0.560. The zero-order valence-electron chi connectivity index (χ0n) is 15.0. The van der Waals surface area contributed by atoms with Crippen LogP contribution in [-0.4, -0.2) is 39.2 Å². The molecule has 8 nitrogen and oxygen atoms in total. The van der Waals surface area contributed by atoms with E-state index in [0.29, 0.717) is 29.4 Å². The SMILES string of the molecule is CNc1nc(-c2noc(-c3ccc(C)s3)n2)nc(N(C)c2ccccc2)n1. The molecule has 4 aromatic rings. The Balaban J connectivity index is 1.72. The first-order valence-corrected chi connectivity index (χ1v) is 9.09. The number of rotatable bonds is 5. The molecule has 136 valence electrons. The van der Waals surface area contributed by atoms with Crippen LogP contribution in [0.3, 0.4) is 0 Å². The number of aryl methyl sites for hydroxylation is 1. The highest BCUT2D eigenvalue weighted by Gasteiger charge is 2.18. The fraction of sp³-hybridized carbons (Fsp3) is 0.167. The van der Waals surface area contributed by atoms with Crippen LogP contribution in [0.2, 0.25) is 0 Å². The van der Waals surface area contributed by atoms with E-state index in [1.165, 1.54) is 4.88 Å². The maximum absolute atomic E-state index is 5.39. The summed E-state index contributed by atoms with van der Waals surface area (Å²) in [6, 6.07) is 13.8. The zero-order valence-corrected chi connectivity index (χ0v) is 15.9. The number of thiophene rings is 1. The van der Waals surface area contributed by atoms with Crippen LogP contribution in [0.1, 0.15) is 4.88 Å².